The molecule has 2 aromatic rings. The Morgan fingerprint density at radius 2 is 1.96 bits per heavy atom. The fraction of sp³-hybridized carbons (Fsp3) is 0.158. The Labute approximate surface area is 135 Å². The van der Waals surface area contributed by atoms with E-state index in [4.69, 9.17) is 9.47 Å². The van der Waals surface area contributed by atoms with E-state index in [-0.39, 0.29) is 5.97 Å². The quantitative estimate of drug-likeness (QED) is 0.485. The van der Waals surface area contributed by atoms with Crippen LogP contribution in [0.1, 0.15) is 18.9 Å². The van der Waals surface area contributed by atoms with Gasteiger partial charge >= 0.3 is 5.97 Å². The highest BCUT2D eigenvalue weighted by atomic mass is 16.5. The average Bonchev–Trinajstić information content (AvgIpc) is 2.75. The number of para-hydroxylation sites is 3. The Morgan fingerprint density at radius 1 is 1.17 bits per heavy atom. The lowest BCUT2D eigenvalue weighted by molar-refractivity contribution is -0.131. The molecule has 0 spiro atoms. The van der Waals surface area contributed by atoms with Crippen LogP contribution < -0.4 is 9.47 Å². The summed E-state index contributed by atoms with van der Waals surface area (Å²) in [6.07, 6.45) is 4.64. The molecule has 0 unspecified atom stereocenters. The SMILES string of the molecule is CC(=O)Oc1ccccc1N=CC1=Cc2ccccc2OCC1. The van der Waals surface area contributed by atoms with Gasteiger partial charge in [-0.2, -0.15) is 0 Å². The summed E-state index contributed by atoms with van der Waals surface area (Å²) in [5, 5.41) is 0. The molecule has 4 heteroatoms. The predicted octanol–water partition coefficient (Wildman–Crippen LogP) is 4.18. The van der Waals surface area contributed by atoms with E-state index in [1.807, 2.05) is 42.5 Å². The minimum atomic E-state index is -0.358. The normalized spacial score (nSPS) is 13.7. The number of carbonyl (C=O) groups is 1. The predicted molar refractivity (Wildman–Crippen MR) is 90.4 cm³/mol. The number of aliphatic imine (C=N–C) groups is 1. The molecule has 1 heterocycles. The summed E-state index contributed by atoms with van der Waals surface area (Å²) in [4.78, 5) is 15.6. The van der Waals surface area contributed by atoms with Crippen molar-refractivity contribution in [2.75, 3.05) is 6.61 Å². The first-order valence-electron chi connectivity index (χ1n) is 7.46. The molecule has 1 aliphatic heterocycles. The molecule has 0 N–H and O–H groups in total. The van der Waals surface area contributed by atoms with Crippen molar-refractivity contribution in [1.29, 1.82) is 0 Å². The number of benzene rings is 2. The van der Waals surface area contributed by atoms with Crippen molar-refractivity contribution in [1.82, 2.24) is 0 Å². The number of rotatable bonds is 3. The fourth-order valence-electron chi connectivity index (χ4n) is 2.34. The number of esters is 1. The van der Waals surface area contributed by atoms with Crippen LogP contribution in [0, 0.1) is 0 Å². The second-order valence-electron chi connectivity index (χ2n) is 5.18. The van der Waals surface area contributed by atoms with E-state index in [1.54, 1.807) is 12.3 Å². The van der Waals surface area contributed by atoms with E-state index >= 15 is 0 Å². The van der Waals surface area contributed by atoms with Crippen LogP contribution in [0.5, 0.6) is 11.5 Å². The van der Waals surface area contributed by atoms with Crippen LogP contribution in [-0.2, 0) is 4.79 Å². The molecule has 0 amide bonds. The lowest BCUT2D eigenvalue weighted by atomic mass is 10.1. The maximum Gasteiger partial charge on any atom is 0.308 e. The summed E-state index contributed by atoms with van der Waals surface area (Å²) >= 11 is 0. The van der Waals surface area contributed by atoms with Crippen molar-refractivity contribution in [3.05, 3.63) is 59.7 Å². The Kier molecular flexibility index (Phi) is 4.52. The van der Waals surface area contributed by atoms with Crippen molar-refractivity contribution < 1.29 is 14.3 Å². The molecule has 116 valence electrons. The molecule has 0 aliphatic carbocycles. The van der Waals surface area contributed by atoms with Crippen LogP contribution in [0.3, 0.4) is 0 Å². The molecule has 23 heavy (non-hydrogen) atoms. The molecule has 0 saturated carbocycles. The van der Waals surface area contributed by atoms with E-state index in [1.165, 1.54) is 6.92 Å². The topological polar surface area (TPSA) is 47.9 Å². The summed E-state index contributed by atoms with van der Waals surface area (Å²) in [7, 11) is 0. The maximum absolute atomic E-state index is 11.2. The molecule has 0 atom stereocenters. The van der Waals surface area contributed by atoms with Crippen LogP contribution in [0.4, 0.5) is 5.69 Å². The highest BCUT2D eigenvalue weighted by molar-refractivity contribution is 5.89. The molecule has 3 rings (SSSR count). The third kappa shape index (κ3) is 3.86. The van der Waals surface area contributed by atoms with Gasteiger partial charge < -0.3 is 9.47 Å². The van der Waals surface area contributed by atoms with Crippen LogP contribution in [-0.4, -0.2) is 18.8 Å². The first kappa shape index (κ1) is 15.0. The van der Waals surface area contributed by atoms with E-state index in [2.05, 4.69) is 11.1 Å². The molecule has 0 bridgehead atoms. The third-order valence-electron chi connectivity index (χ3n) is 3.40. The van der Waals surface area contributed by atoms with E-state index in [0.717, 1.165) is 23.3 Å². The van der Waals surface area contributed by atoms with Crippen molar-refractivity contribution in [2.45, 2.75) is 13.3 Å². The van der Waals surface area contributed by atoms with Crippen LogP contribution in [0.15, 0.2) is 59.1 Å². The van der Waals surface area contributed by atoms with Gasteiger partial charge in [-0.25, -0.2) is 0 Å². The molecular weight excluding hydrogens is 290 g/mol. The van der Waals surface area contributed by atoms with Crippen LogP contribution >= 0.6 is 0 Å². The summed E-state index contributed by atoms with van der Waals surface area (Å²) < 4.78 is 10.9. The lowest BCUT2D eigenvalue weighted by Gasteiger charge is -2.04. The number of carbonyl (C=O) groups excluding carboxylic acids is 1. The number of fused-ring (bicyclic) bond motifs is 1. The van der Waals surface area contributed by atoms with Gasteiger partial charge in [-0.3, -0.25) is 9.79 Å². The van der Waals surface area contributed by atoms with E-state index < -0.39 is 0 Å². The van der Waals surface area contributed by atoms with Gasteiger partial charge in [0, 0.05) is 25.1 Å². The number of hydrogen-bond donors (Lipinski definition) is 0. The lowest BCUT2D eigenvalue weighted by Crippen LogP contribution is -2.01. The van der Waals surface area contributed by atoms with Crippen molar-refractivity contribution in [3.63, 3.8) is 0 Å². The van der Waals surface area contributed by atoms with Crippen molar-refractivity contribution in [3.8, 4) is 11.5 Å². The summed E-state index contributed by atoms with van der Waals surface area (Å²) in [6.45, 7) is 1.99. The van der Waals surface area contributed by atoms with Crippen molar-refractivity contribution in [2.24, 2.45) is 4.99 Å². The van der Waals surface area contributed by atoms with Gasteiger partial charge in [0.1, 0.15) is 11.4 Å². The molecule has 1 aliphatic rings. The average molecular weight is 307 g/mol. The zero-order valence-electron chi connectivity index (χ0n) is 12.9. The van der Waals surface area contributed by atoms with Gasteiger partial charge in [-0.15, -0.1) is 0 Å². The monoisotopic (exact) mass is 307 g/mol. The van der Waals surface area contributed by atoms with E-state index in [0.29, 0.717) is 18.0 Å². The Hall–Kier alpha value is -2.88. The minimum Gasteiger partial charge on any atom is -0.493 e. The molecule has 0 fully saturated rings. The Balaban J connectivity index is 1.86. The van der Waals surface area contributed by atoms with Crippen LogP contribution in [0.2, 0.25) is 0 Å². The van der Waals surface area contributed by atoms with Crippen LogP contribution in [0.25, 0.3) is 6.08 Å². The highest BCUT2D eigenvalue weighted by Crippen LogP contribution is 2.28. The first-order chi connectivity index (χ1) is 11.2. The van der Waals surface area contributed by atoms with Gasteiger partial charge in [0.15, 0.2) is 5.75 Å². The fourth-order valence-corrected chi connectivity index (χ4v) is 2.34. The minimum absolute atomic E-state index is 0.358. The smallest absolute Gasteiger partial charge is 0.308 e. The Bertz CT molecular complexity index is 778. The summed E-state index contributed by atoms with van der Waals surface area (Å²) in [6, 6.07) is 15.1. The molecule has 4 nitrogen and oxygen atoms in total. The summed E-state index contributed by atoms with van der Waals surface area (Å²) in [5.74, 6) is 0.988. The second kappa shape index (κ2) is 6.92. The van der Waals surface area contributed by atoms with Gasteiger partial charge in [0.25, 0.3) is 0 Å². The largest absolute Gasteiger partial charge is 0.493 e. The molecule has 0 saturated heterocycles. The zero-order valence-corrected chi connectivity index (χ0v) is 12.9. The second-order valence-corrected chi connectivity index (χ2v) is 5.18. The zero-order chi connectivity index (χ0) is 16.1. The molecule has 2 aromatic carbocycles. The molecule has 0 radical (unpaired) electrons. The summed E-state index contributed by atoms with van der Waals surface area (Å²) in [5.41, 5.74) is 2.73. The maximum atomic E-state index is 11.2. The van der Waals surface area contributed by atoms with E-state index in [9.17, 15) is 4.79 Å². The van der Waals surface area contributed by atoms with Gasteiger partial charge in [-0.05, 0) is 29.8 Å². The van der Waals surface area contributed by atoms with Gasteiger partial charge in [0.05, 0.1) is 6.61 Å². The van der Waals surface area contributed by atoms with Gasteiger partial charge in [0.2, 0.25) is 0 Å². The first-order valence-corrected chi connectivity index (χ1v) is 7.46. The highest BCUT2D eigenvalue weighted by Gasteiger charge is 2.08. The number of nitrogens with zero attached hydrogens (tertiary/aromatic N) is 1. The Morgan fingerprint density at radius 3 is 2.83 bits per heavy atom. The molecular formula is C19H17NO3. The third-order valence-corrected chi connectivity index (χ3v) is 3.40. The molecule has 0 aromatic heterocycles. The number of hydrogen-bond acceptors (Lipinski definition) is 4. The van der Waals surface area contributed by atoms with Crippen molar-refractivity contribution >= 4 is 23.9 Å². The van der Waals surface area contributed by atoms with Gasteiger partial charge in [-0.1, -0.05) is 30.3 Å². The number of ether oxygens (including phenoxy) is 2. The standard InChI is InChI=1S/C19H17NO3/c1-14(21)23-19-9-5-3-7-17(19)20-13-15-10-11-22-18-8-4-2-6-16(18)12-15/h2-9,12-13H,10-11H2,1H3.